The molecule has 1 saturated heterocycles. The second-order valence-corrected chi connectivity index (χ2v) is 4.85. The molecule has 0 aromatic carbocycles. The quantitative estimate of drug-likeness (QED) is 0.748. The fraction of sp³-hybridized carbons (Fsp3) is 0.385. The first-order chi connectivity index (χ1) is 9.97. The van der Waals surface area contributed by atoms with E-state index >= 15 is 0 Å². The maximum Gasteiger partial charge on any atom is 0.337 e. The molecule has 0 saturated carbocycles. The van der Waals surface area contributed by atoms with Crippen molar-refractivity contribution >= 4 is 23.7 Å². The Kier molecular flexibility index (Phi) is 4.36. The smallest absolute Gasteiger partial charge is 0.337 e. The summed E-state index contributed by atoms with van der Waals surface area (Å²) < 4.78 is 0. The molecule has 1 fully saturated rings. The minimum absolute atomic E-state index is 0.0468. The van der Waals surface area contributed by atoms with Crippen LogP contribution in [0.25, 0.3) is 0 Å². The van der Waals surface area contributed by atoms with Crippen molar-refractivity contribution in [3.05, 3.63) is 23.9 Å². The van der Waals surface area contributed by atoms with Gasteiger partial charge in [-0.1, -0.05) is 0 Å². The number of carboxylic acids is 1. The van der Waals surface area contributed by atoms with Gasteiger partial charge in [0.05, 0.1) is 11.5 Å². The second-order valence-electron chi connectivity index (χ2n) is 4.85. The first-order valence-corrected chi connectivity index (χ1v) is 6.52. The van der Waals surface area contributed by atoms with Crippen LogP contribution in [0.15, 0.2) is 18.3 Å². The van der Waals surface area contributed by atoms with E-state index in [1.807, 2.05) is 0 Å². The Morgan fingerprint density at radius 3 is 2.71 bits per heavy atom. The standard InChI is InChI=1S/C13H16N4O4/c14-13(21)17-5-1-2-9(7-17)11(18)16-10-4-3-8(6-15-10)12(19)20/h3-4,6,9H,1-2,5,7H2,(H2,14,21)(H,19,20)(H,15,16,18). The maximum atomic E-state index is 12.1. The number of amides is 3. The fourth-order valence-corrected chi connectivity index (χ4v) is 2.21. The van der Waals surface area contributed by atoms with Crippen molar-refractivity contribution in [3.63, 3.8) is 0 Å². The van der Waals surface area contributed by atoms with Gasteiger partial charge >= 0.3 is 12.0 Å². The number of rotatable bonds is 3. The average molecular weight is 292 g/mol. The Morgan fingerprint density at radius 2 is 2.14 bits per heavy atom. The van der Waals surface area contributed by atoms with Gasteiger partial charge in [-0.05, 0) is 25.0 Å². The lowest BCUT2D eigenvalue weighted by atomic mass is 9.97. The number of anilines is 1. The van der Waals surface area contributed by atoms with Gasteiger partial charge < -0.3 is 21.1 Å². The van der Waals surface area contributed by atoms with Crippen LogP contribution in [0, 0.1) is 5.92 Å². The summed E-state index contributed by atoms with van der Waals surface area (Å²) in [7, 11) is 0. The zero-order valence-electron chi connectivity index (χ0n) is 11.3. The summed E-state index contributed by atoms with van der Waals surface area (Å²) in [6, 6.07) is 2.26. The van der Waals surface area contributed by atoms with Gasteiger partial charge in [0.15, 0.2) is 0 Å². The number of aromatic nitrogens is 1. The van der Waals surface area contributed by atoms with E-state index in [-0.39, 0.29) is 29.8 Å². The Labute approximate surface area is 120 Å². The molecule has 0 bridgehead atoms. The Balaban J connectivity index is 1.97. The lowest BCUT2D eigenvalue weighted by molar-refractivity contribution is -0.121. The number of pyridine rings is 1. The average Bonchev–Trinajstić information content (AvgIpc) is 2.48. The first-order valence-electron chi connectivity index (χ1n) is 6.52. The number of nitrogens with zero attached hydrogens (tertiary/aromatic N) is 2. The number of hydrogen-bond acceptors (Lipinski definition) is 4. The van der Waals surface area contributed by atoms with Crippen molar-refractivity contribution in [1.29, 1.82) is 0 Å². The number of likely N-dealkylation sites (tertiary alicyclic amines) is 1. The number of aromatic carboxylic acids is 1. The number of carbonyl (C=O) groups excluding carboxylic acids is 2. The summed E-state index contributed by atoms with van der Waals surface area (Å²) >= 11 is 0. The zero-order chi connectivity index (χ0) is 15.4. The molecule has 0 radical (unpaired) electrons. The number of hydrogen-bond donors (Lipinski definition) is 3. The third-order valence-electron chi connectivity index (χ3n) is 3.37. The predicted octanol–water partition coefficient (Wildman–Crippen LogP) is 0.509. The maximum absolute atomic E-state index is 12.1. The van der Waals surface area contributed by atoms with Gasteiger partial charge in [0, 0.05) is 19.3 Å². The van der Waals surface area contributed by atoms with Gasteiger partial charge in [-0.2, -0.15) is 0 Å². The molecule has 2 rings (SSSR count). The lowest BCUT2D eigenvalue weighted by Crippen LogP contribution is -2.46. The van der Waals surface area contributed by atoms with Crippen LogP contribution < -0.4 is 11.1 Å². The highest BCUT2D eigenvalue weighted by Crippen LogP contribution is 2.18. The number of carboxylic acid groups (broad SMARTS) is 1. The van der Waals surface area contributed by atoms with E-state index < -0.39 is 12.0 Å². The highest BCUT2D eigenvalue weighted by molar-refractivity contribution is 5.93. The van der Waals surface area contributed by atoms with Crippen LogP contribution in [0.2, 0.25) is 0 Å². The molecule has 0 aliphatic carbocycles. The van der Waals surface area contributed by atoms with Crippen LogP contribution >= 0.6 is 0 Å². The molecular formula is C13H16N4O4. The summed E-state index contributed by atoms with van der Waals surface area (Å²) in [6.45, 7) is 0.846. The molecule has 1 aromatic heterocycles. The second kappa shape index (κ2) is 6.21. The molecule has 0 spiro atoms. The van der Waals surface area contributed by atoms with E-state index in [0.29, 0.717) is 19.4 Å². The van der Waals surface area contributed by atoms with Gasteiger partial charge in [0.25, 0.3) is 0 Å². The van der Waals surface area contributed by atoms with E-state index in [4.69, 9.17) is 10.8 Å². The van der Waals surface area contributed by atoms with E-state index in [1.54, 1.807) is 0 Å². The number of primary amides is 1. The van der Waals surface area contributed by atoms with Crippen molar-refractivity contribution in [1.82, 2.24) is 9.88 Å². The summed E-state index contributed by atoms with van der Waals surface area (Å²) in [4.78, 5) is 39.3. The van der Waals surface area contributed by atoms with Gasteiger partial charge in [-0.25, -0.2) is 14.6 Å². The number of nitrogens with one attached hydrogen (secondary N) is 1. The molecular weight excluding hydrogens is 276 g/mol. The molecule has 3 amide bonds. The topological polar surface area (TPSA) is 126 Å². The molecule has 8 nitrogen and oxygen atoms in total. The predicted molar refractivity (Wildman–Crippen MR) is 73.7 cm³/mol. The summed E-state index contributed by atoms with van der Waals surface area (Å²) in [5.74, 6) is -1.39. The molecule has 1 aliphatic heterocycles. The van der Waals surface area contributed by atoms with E-state index in [9.17, 15) is 14.4 Å². The van der Waals surface area contributed by atoms with Crippen LogP contribution in [0.4, 0.5) is 10.6 Å². The van der Waals surface area contributed by atoms with Crippen molar-refractivity contribution in [2.45, 2.75) is 12.8 Å². The normalized spacial score (nSPS) is 18.1. The summed E-state index contributed by atoms with van der Waals surface area (Å²) in [5, 5.41) is 11.4. The highest BCUT2D eigenvalue weighted by atomic mass is 16.4. The van der Waals surface area contributed by atoms with Crippen molar-refractivity contribution in [2.75, 3.05) is 18.4 Å². The summed E-state index contributed by atoms with van der Waals surface area (Å²) in [5.41, 5.74) is 5.26. The minimum atomic E-state index is -1.08. The molecule has 8 heteroatoms. The number of urea groups is 1. The van der Waals surface area contributed by atoms with Crippen molar-refractivity contribution in [3.8, 4) is 0 Å². The van der Waals surface area contributed by atoms with Crippen molar-refractivity contribution in [2.24, 2.45) is 11.7 Å². The van der Waals surface area contributed by atoms with Crippen molar-refractivity contribution < 1.29 is 19.5 Å². The number of nitrogens with two attached hydrogens (primary N) is 1. The van der Waals surface area contributed by atoms with E-state index in [1.165, 1.54) is 23.2 Å². The molecule has 1 atom stereocenters. The SMILES string of the molecule is NC(=O)N1CCCC(C(=O)Nc2ccc(C(=O)O)cn2)C1. The number of piperidine rings is 1. The first kappa shape index (κ1) is 14.8. The molecule has 1 aliphatic rings. The Bertz CT molecular complexity index is 558. The lowest BCUT2D eigenvalue weighted by Gasteiger charge is -2.30. The van der Waals surface area contributed by atoms with E-state index in [2.05, 4.69) is 10.3 Å². The summed E-state index contributed by atoms with van der Waals surface area (Å²) in [6.07, 6.45) is 2.56. The molecule has 2 heterocycles. The van der Waals surface area contributed by atoms with Crippen LogP contribution in [-0.2, 0) is 4.79 Å². The molecule has 112 valence electrons. The third kappa shape index (κ3) is 3.68. The van der Waals surface area contributed by atoms with E-state index in [0.717, 1.165) is 0 Å². The van der Waals surface area contributed by atoms with Gasteiger partial charge in [0.2, 0.25) is 5.91 Å². The van der Waals surface area contributed by atoms with Gasteiger partial charge in [0.1, 0.15) is 5.82 Å². The third-order valence-corrected chi connectivity index (χ3v) is 3.37. The molecule has 1 aromatic rings. The van der Waals surface area contributed by atoms with Gasteiger partial charge in [-0.15, -0.1) is 0 Å². The van der Waals surface area contributed by atoms with Gasteiger partial charge in [-0.3, -0.25) is 4.79 Å². The minimum Gasteiger partial charge on any atom is -0.478 e. The largest absolute Gasteiger partial charge is 0.478 e. The van der Waals surface area contributed by atoms with Crippen LogP contribution in [0.1, 0.15) is 23.2 Å². The van der Waals surface area contributed by atoms with Crippen LogP contribution in [0.5, 0.6) is 0 Å². The number of carbonyl (C=O) groups is 3. The Morgan fingerprint density at radius 1 is 1.38 bits per heavy atom. The highest BCUT2D eigenvalue weighted by Gasteiger charge is 2.27. The monoisotopic (exact) mass is 292 g/mol. The fourth-order valence-electron chi connectivity index (χ4n) is 2.21. The van der Waals surface area contributed by atoms with Crippen LogP contribution in [0.3, 0.4) is 0 Å². The molecule has 1 unspecified atom stereocenters. The molecule has 21 heavy (non-hydrogen) atoms. The Hall–Kier alpha value is -2.64. The zero-order valence-corrected chi connectivity index (χ0v) is 11.3. The van der Waals surface area contributed by atoms with Crippen LogP contribution in [-0.4, -0.2) is 46.0 Å². The molecule has 4 N–H and O–H groups in total.